The smallest absolute Gasteiger partial charge is 0.205 e. The molecule has 3 aromatic rings. The standard InChI is InChI=1S/C13H7Cl4N3.ClH/c14-7-2-1-6(3-8(7)15)18-13-19-11-4-9(16)10(17)5-12(11)20-13;/h1-5H,(H2,18,19,20);1H. The lowest BCUT2D eigenvalue weighted by Crippen LogP contribution is -1.91. The van der Waals surface area contributed by atoms with Crippen molar-refractivity contribution in [1.29, 1.82) is 0 Å². The maximum absolute atomic E-state index is 5.96. The number of hydrogen-bond acceptors (Lipinski definition) is 2. The van der Waals surface area contributed by atoms with Crippen molar-refractivity contribution in [2.75, 3.05) is 5.32 Å². The highest BCUT2D eigenvalue weighted by molar-refractivity contribution is 6.43. The third kappa shape index (κ3) is 3.50. The zero-order chi connectivity index (χ0) is 14.3. The van der Waals surface area contributed by atoms with Gasteiger partial charge in [0.25, 0.3) is 0 Å². The molecule has 0 unspecified atom stereocenters. The van der Waals surface area contributed by atoms with Gasteiger partial charge in [0.1, 0.15) is 0 Å². The largest absolute Gasteiger partial charge is 0.326 e. The molecule has 0 atom stereocenters. The number of fused-ring (bicyclic) bond motifs is 1. The Hall–Kier alpha value is -0.840. The predicted octanol–water partition coefficient (Wildman–Crippen LogP) is 6.34. The van der Waals surface area contributed by atoms with Gasteiger partial charge in [-0.25, -0.2) is 4.98 Å². The Morgan fingerprint density at radius 2 is 1.52 bits per heavy atom. The van der Waals surface area contributed by atoms with Gasteiger partial charge in [0.2, 0.25) is 5.95 Å². The maximum Gasteiger partial charge on any atom is 0.205 e. The number of aromatic nitrogens is 2. The van der Waals surface area contributed by atoms with Crippen molar-refractivity contribution in [3.63, 3.8) is 0 Å². The van der Waals surface area contributed by atoms with Gasteiger partial charge in [0, 0.05) is 5.69 Å². The predicted molar refractivity (Wildman–Crippen MR) is 93.1 cm³/mol. The molecule has 0 fully saturated rings. The van der Waals surface area contributed by atoms with Crippen LogP contribution in [-0.2, 0) is 0 Å². The summed E-state index contributed by atoms with van der Waals surface area (Å²) in [5.74, 6) is 0.566. The minimum Gasteiger partial charge on any atom is -0.326 e. The highest BCUT2D eigenvalue weighted by atomic mass is 35.5. The third-order valence-corrected chi connectivity index (χ3v) is 4.17. The van der Waals surface area contributed by atoms with Crippen molar-refractivity contribution in [1.82, 2.24) is 9.97 Å². The van der Waals surface area contributed by atoms with Crippen LogP contribution in [-0.4, -0.2) is 9.97 Å². The molecule has 21 heavy (non-hydrogen) atoms. The third-order valence-electron chi connectivity index (χ3n) is 2.71. The van der Waals surface area contributed by atoms with Crippen LogP contribution in [0.2, 0.25) is 20.1 Å². The number of hydrogen-bond donors (Lipinski definition) is 2. The number of halogens is 5. The molecule has 3 rings (SSSR count). The summed E-state index contributed by atoms with van der Waals surface area (Å²) in [4.78, 5) is 7.48. The number of H-pyrrole nitrogens is 1. The maximum atomic E-state index is 5.96. The number of nitrogens with one attached hydrogen (secondary N) is 2. The van der Waals surface area contributed by atoms with E-state index in [1.807, 2.05) is 0 Å². The van der Waals surface area contributed by atoms with E-state index in [2.05, 4.69) is 15.3 Å². The van der Waals surface area contributed by atoms with Gasteiger partial charge in [0.15, 0.2) is 0 Å². The lowest BCUT2D eigenvalue weighted by Gasteiger charge is -2.03. The molecule has 8 heteroatoms. The van der Waals surface area contributed by atoms with Crippen LogP contribution < -0.4 is 5.32 Å². The molecule has 0 spiro atoms. The molecule has 0 radical (unpaired) electrons. The first kappa shape index (κ1) is 16.5. The zero-order valence-corrected chi connectivity index (χ0v) is 14.1. The molecular weight excluding hydrogens is 375 g/mol. The highest BCUT2D eigenvalue weighted by Gasteiger charge is 2.07. The molecule has 0 aliphatic carbocycles. The summed E-state index contributed by atoms with van der Waals surface area (Å²) in [5.41, 5.74) is 2.29. The van der Waals surface area contributed by atoms with Crippen LogP contribution in [0.15, 0.2) is 30.3 Å². The van der Waals surface area contributed by atoms with Crippen LogP contribution in [0.3, 0.4) is 0 Å². The SMILES string of the molecule is Cl.Clc1ccc(Nc2nc3cc(Cl)c(Cl)cc3[nH]2)cc1Cl. The summed E-state index contributed by atoms with van der Waals surface area (Å²) in [6, 6.07) is 8.67. The summed E-state index contributed by atoms with van der Waals surface area (Å²) in [6.07, 6.45) is 0. The van der Waals surface area contributed by atoms with Gasteiger partial charge in [-0.05, 0) is 30.3 Å². The van der Waals surface area contributed by atoms with Crippen LogP contribution in [0.4, 0.5) is 11.6 Å². The van der Waals surface area contributed by atoms with Crippen LogP contribution in [0.25, 0.3) is 11.0 Å². The number of benzene rings is 2. The fourth-order valence-electron chi connectivity index (χ4n) is 1.77. The Labute approximate surface area is 147 Å². The molecule has 2 N–H and O–H groups in total. The fraction of sp³-hybridized carbons (Fsp3) is 0. The van der Waals surface area contributed by atoms with Crippen molar-refractivity contribution < 1.29 is 0 Å². The van der Waals surface area contributed by atoms with E-state index >= 15 is 0 Å². The number of rotatable bonds is 2. The van der Waals surface area contributed by atoms with Gasteiger partial charge in [-0.2, -0.15) is 0 Å². The molecular formula is C13H8Cl5N3. The molecule has 0 saturated heterocycles. The number of anilines is 2. The monoisotopic (exact) mass is 381 g/mol. The Kier molecular flexibility index (Phi) is 5.12. The Morgan fingerprint density at radius 3 is 2.24 bits per heavy atom. The first-order chi connectivity index (χ1) is 9.52. The summed E-state index contributed by atoms with van der Waals surface area (Å²) < 4.78 is 0. The summed E-state index contributed by atoms with van der Waals surface area (Å²) >= 11 is 23.8. The molecule has 0 saturated carbocycles. The van der Waals surface area contributed by atoms with Gasteiger partial charge < -0.3 is 10.3 Å². The lowest BCUT2D eigenvalue weighted by molar-refractivity contribution is 1.31. The quantitative estimate of drug-likeness (QED) is 0.542. The molecule has 0 aliphatic rings. The highest BCUT2D eigenvalue weighted by Crippen LogP contribution is 2.29. The molecule has 1 aromatic heterocycles. The van der Waals surface area contributed by atoms with E-state index in [4.69, 9.17) is 46.4 Å². The topological polar surface area (TPSA) is 40.7 Å². The zero-order valence-electron chi connectivity index (χ0n) is 10.3. The Balaban J connectivity index is 0.00000161. The van der Waals surface area contributed by atoms with Crippen LogP contribution in [0.1, 0.15) is 0 Å². The van der Waals surface area contributed by atoms with Crippen LogP contribution in [0.5, 0.6) is 0 Å². The van der Waals surface area contributed by atoms with Crippen molar-refractivity contribution in [2.24, 2.45) is 0 Å². The minimum absolute atomic E-state index is 0. The van der Waals surface area contributed by atoms with Crippen molar-refractivity contribution in [3.05, 3.63) is 50.4 Å². The average molecular weight is 383 g/mol. The lowest BCUT2D eigenvalue weighted by atomic mass is 10.3. The van der Waals surface area contributed by atoms with Gasteiger partial charge in [-0.3, -0.25) is 0 Å². The first-order valence-corrected chi connectivity index (χ1v) is 7.11. The molecule has 3 nitrogen and oxygen atoms in total. The second-order valence-corrected chi connectivity index (χ2v) is 5.75. The van der Waals surface area contributed by atoms with E-state index in [0.717, 1.165) is 16.7 Å². The Bertz CT molecular complexity index is 761. The minimum atomic E-state index is 0. The number of imidazole rings is 1. The van der Waals surface area contributed by atoms with Crippen LogP contribution in [0, 0.1) is 0 Å². The molecule has 0 bridgehead atoms. The fourth-order valence-corrected chi connectivity index (χ4v) is 2.39. The summed E-state index contributed by atoms with van der Waals surface area (Å²) in [5, 5.41) is 5.02. The first-order valence-electron chi connectivity index (χ1n) is 5.60. The van der Waals surface area contributed by atoms with Crippen molar-refractivity contribution in [3.8, 4) is 0 Å². The van der Waals surface area contributed by atoms with Gasteiger partial charge in [-0.1, -0.05) is 46.4 Å². The van der Waals surface area contributed by atoms with E-state index in [1.54, 1.807) is 30.3 Å². The molecule has 1 heterocycles. The van der Waals surface area contributed by atoms with E-state index in [0.29, 0.717) is 26.0 Å². The second kappa shape index (κ2) is 6.51. The van der Waals surface area contributed by atoms with Crippen molar-refractivity contribution in [2.45, 2.75) is 0 Å². The number of aromatic amines is 1. The van der Waals surface area contributed by atoms with Gasteiger partial charge in [0.05, 0.1) is 31.1 Å². The Morgan fingerprint density at radius 1 is 0.857 bits per heavy atom. The molecule has 0 aliphatic heterocycles. The summed E-state index contributed by atoms with van der Waals surface area (Å²) in [6.45, 7) is 0. The molecule has 2 aromatic carbocycles. The van der Waals surface area contributed by atoms with E-state index < -0.39 is 0 Å². The van der Waals surface area contributed by atoms with E-state index in [1.165, 1.54) is 0 Å². The van der Waals surface area contributed by atoms with E-state index in [9.17, 15) is 0 Å². The van der Waals surface area contributed by atoms with Gasteiger partial charge >= 0.3 is 0 Å². The number of nitrogens with zero attached hydrogens (tertiary/aromatic N) is 1. The van der Waals surface area contributed by atoms with E-state index in [-0.39, 0.29) is 12.4 Å². The normalized spacial score (nSPS) is 10.5. The molecule has 110 valence electrons. The van der Waals surface area contributed by atoms with Crippen LogP contribution >= 0.6 is 58.8 Å². The second-order valence-electron chi connectivity index (χ2n) is 4.12. The molecule has 0 amide bonds. The average Bonchev–Trinajstić information content (AvgIpc) is 2.76. The van der Waals surface area contributed by atoms with Crippen molar-refractivity contribution >= 4 is 81.5 Å². The summed E-state index contributed by atoms with van der Waals surface area (Å²) in [7, 11) is 0. The van der Waals surface area contributed by atoms with Gasteiger partial charge in [-0.15, -0.1) is 12.4 Å².